The van der Waals surface area contributed by atoms with Crippen molar-refractivity contribution in [3.8, 4) is 0 Å². The summed E-state index contributed by atoms with van der Waals surface area (Å²) < 4.78 is 0. The highest BCUT2D eigenvalue weighted by atomic mass is 16.4. The highest BCUT2D eigenvalue weighted by Gasteiger charge is 2.34. The number of nitrogens with zero attached hydrogens (tertiary/aromatic N) is 1. The summed E-state index contributed by atoms with van der Waals surface area (Å²) in [5.41, 5.74) is 0. The molecule has 0 aromatic rings. The number of carbonyl (C=O) groups excluding carboxylic acids is 2. The van der Waals surface area contributed by atoms with Gasteiger partial charge in [-0.05, 0) is 12.8 Å². The molecule has 0 aliphatic carbocycles. The average Bonchev–Trinajstić information content (AvgIpc) is 2.65. The molecule has 102 valence electrons. The molecule has 1 fully saturated rings. The van der Waals surface area contributed by atoms with Gasteiger partial charge in [-0.25, -0.2) is 4.79 Å². The van der Waals surface area contributed by atoms with Crippen molar-refractivity contribution >= 4 is 17.8 Å². The van der Waals surface area contributed by atoms with E-state index >= 15 is 0 Å². The van der Waals surface area contributed by atoms with Crippen LogP contribution in [-0.2, 0) is 14.4 Å². The van der Waals surface area contributed by atoms with Gasteiger partial charge in [-0.1, -0.05) is 19.8 Å². The van der Waals surface area contributed by atoms with Crippen molar-refractivity contribution in [1.29, 1.82) is 0 Å². The molecule has 2 atom stereocenters. The van der Waals surface area contributed by atoms with Crippen LogP contribution >= 0.6 is 0 Å². The average molecular weight is 256 g/mol. The monoisotopic (exact) mass is 256 g/mol. The summed E-state index contributed by atoms with van der Waals surface area (Å²) in [4.78, 5) is 35.6. The molecule has 0 radical (unpaired) electrons. The fraction of sp³-hybridized carbons (Fsp3) is 0.750. The molecule has 1 heterocycles. The molecule has 0 aromatic heterocycles. The quantitative estimate of drug-likeness (QED) is 0.718. The van der Waals surface area contributed by atoms with E-state index in [4.69, 9.17) is 5.11 Å². The molecule has 6 heteroatoms. The van der Waals surface area contributed by atoms with Crippen molar-refractivity contribution in [3.63, 3.8) is 0 Å². The number of nitrogens with one attached hydrogen (secondary N) is 1. The third-order valence-corrected chi connectivity index (χ3v) is 3.26. The van der Waals surface area contributed by atoms with Gasteiger partial charge in [0.15, 0.2) is 0 Å². The smallest absolute Gasteiger partial charge is 0.326 e. The highest BCUT2D eigenvalue weighted by Crippen LogP contribution is 2.16. The number of unbranched alkanes of at least 4 members (excludes halogenated alkanes) is 1. The first-order valence-electron chi connectivity index (χ1n) is 6.26. The van der Waals surface area contributed by atoms with Gasteiger partial charge in [-0.15, -0.1) is 0 Å². The van der Waals surface area contributed by atoms with Crippen LogP contribution < -0.4 is 5.32 Å². The van der Waals surface area contributed by atoms with E-state index in [1.165, 1.54) is 4.90 Å². The molecule has 0 saturated carbocycles. The predicted molar refractivity (Wildman–Crippen MR) is 64.9 cm³/mol. The number of hydrogen-bond acceptors (Lipinski definition) is 3. The molecular formula is C12H20N2O4. The van der Waals surface area contributed by atoms with Gasteiger partial charge in [0.2, 0.25) is 11.8 Å². The van der Waals surface area contributed by atoms with Crippen LogP contribution in [0.4, 0.5) is 0 Å². The Bertz CT molecular complexity index is 343. The molecule has 1 aliphatic rings. The molecule has 2 N–H and O–H groups in total. The van der Waals surface area contributed by atoms with Gasteiger partial charge in [0, 0.05) is 13.5 Å². The summed E-state index contributed by atoms with van der Waals surface area (Å²) >= 11 is 0. The third kappa shape index (κ3) is 3.45. The van der Waals surface area contributed by atoms with Crippen LogP contribution in [0.15, 0.2) is 0 Å². The summed E-state index contributed by atoms with van der Waals surface area (Å²) in [6, 6.07) is -1.39. The van der Waals surface area contributed by atoms with Gasteiger partial charge in [-0.3, -0.25) is 9.59 Å². The molecule has 1 unspecified atom stereocenters. The first kappa shape index (κ1) is 14.5. The molecule has 2 amide bonds. The summed E-state index contributed by atoms with van der Waals surface area (Å²) in [6.07, 6.45) is 2.85. The summed E-state index contributed by atoms with van der Waals surface area (Å²) in [6.45, 7) is 1.96. The van der Waals surface area contributed by atoms with E-state index in [-0.39, 0.29) is 11.8 Å². The van der Waals surface area contributed by atoms with Crippen molar-refractivity contribution in [2.75, 3.05) is 7.05 Å². The molecule has 0 aromatic carbocycles. The lowest BCUT2D eigenvalue weighted by molar-refractivity contribution is -0.143. The number of likely N-dealkylation sites (tertiary alicyclic amines) is 1. The van der Waals surface area contributed by atoms with E-state index in [2.05, 4.69) is 5.32 Å². The lowest BCUT2D eigenvalue weighted by Gasteiger charge is -2.21. The Morgan fingerprint density at radius 2 is 2.22 bits per heavy atom. The molecule has 18 heavy (non-hydrogen) atoms. The van der Waals surface area contributed by atoms with Gasteiger partial charge < -0.3 is 15.3 Å². The lowest BCUT2D eigenvalue weighted by atomic mass is 10.1. The van der Waals surface area contributed by atoms with E-state index in [1.54, 1.807) is 7.05 Å². The van der Waals surface area contributed by atoms with Gasteiger partial charge in [0.05, 0.1) is 0 Å². The first-order valence-corrected chi connectivity index (χ1v) is 6.26. The maximum absolute atomic E-state index is 11.9. The van der Waals surface area contributed by atoms with Crippen LogP contribution in [0.3, 0.4) is 0 Å². The van der Waals surface area contributed by atoms with E-state index in [9.17, 15) is 14.4 Å². The Labute approximate surface area is 106 Å². The summed E-state index contributed by atoms with van der Waals surface area (Å²) in [5, 5.41) is 11.5. The first-order chi connectivity index (χ1) is 8.47. The molecule has 6 nitrogen and oxygen atoms in total. The maximum atomic E-state index is 11.9. The Kier molecular flexibility index (Phi) is 5.12. The van der Waals surface area contributed by atoms with E-state index in [0.29, 0.717) is 19.3 Å². The van der Waals surface area contributed by atoms with Crippen LogP contribution in [-0.4, -0.2) is 46.9 Å². The zero-order chi connectivity index (χ0) is 13.7. The molecule has 1 rings (SSSR count). The second-order valence-electron chi connectivity index (χ2n) is 4.60. The zero-order valence-corrected chi connectivity index (χ0v) is 10.8. The Morgan fingerprint density at radius 1 is 1.56 bits per heavy atom. The normalized spacial score (nSPS) is 20.9. The maximum Gasteiger partial charge on any atom is 0.326 e. The number of carboxylic acid groups (broad SMARTS) is 1. The van der Waals surface area contributed by atoms with Crippen LogP contribution in [0.5, 0.6) is 0 Å². The van der Waals surface area contributed by atoms with Crippen molar-refractivity contribution in [2.24, 2.45) is 0 Å². The highest BCUT2D eigenvalue weighted by molar-refractivity contribution is 5.92. The molecule has 0 bridgehead atoms. The number of likely N-dealkylation sites (N-methyl/N-ethyl adjacent to an activating group) is 1. The fourth-order valence-electron chi connectivity index (χ4n) is 2.04. The second kappa shape index (κ2) is 6.37. The third-order valence-electron chi connectivity index (χ3n) is 3.26. The van der Waals surface area contributed by atoms with E-state index in [0.717, 1.165) is 12.8 Å². The second-order valence-corrected chi connectivity index (χ2v) is 4.60. The number of hydrogen-bond donors (Lipinski definition) is 2. The molecule has 1 saturated heterocycles. The van der Waals surface area contributed by atoms with Crippen molar-refractivity contribution in [2.45, 2.75) is 51.1 Å². The standard InChI is InChI=1S/C12H20N2O4/c1-3-4-5-8(12(17)18)13-11(16)9-6-7-10(15)14(9)2/h8-9H,3-7H2,1-2H3,(H,13,16)(H,17,18)/t8-,9?/m0/s1. The Balaban J connectivity index is 2.56. The number of rotatable bonds is 6. The van der Waals surface area contributed by atoms with Crippen LogP contribution in [0.2, 0.25) is 0 Å². The van der Waals surface area contributed by atoms with E-state index in [1.807, 2.05) is 6.92 Å². The molecule has 1 aliphatic heterocycles. The fourth-order valence-corrected chi connectivity index (χ4v) is 2.04. The van der Waals surface area contributed by atoms with Gasteiger partial charge >= 0.3 is 5.97 Å². The minimum atomic E-state index is -1.02. The summed E-state index contributed by atoms with van der Waals surface area (Å²) in [5.74, 6) is -1.47. The Hall–Kier alpha value is -1.59. The lowest BCUT2D eigenvalue weighted by Crippen LogP contribution is -2.49. The molecular weight excluding hydrogens is 236 g/mol. The summed E-state index contributed by atoms with van der Waals surface area (Å²) in [7, 11) is 1.57. The molecule has 0 spiro atoms. The van der Waals surface area contributed by atoms with Crippen molar-refractivity contribution in [1.82, 2.24) is 10.2 Å². The van der Waals surface area contributed by atoms with Crippen LogP contribution in [0, 0.1) is 0 Å². The predicted octanol–water partition coefficient (Wildman–Crippen LogP) is 0.367. The van der Waals surface area contributed by atoms with Gasteiger partial charge in [0.1, 0.15) is 12.1 Å². The van der Waals surface area contributed by atoms with E-state index < -0.39 is 18.1 Å². The number of carboxylic acids is 1. The van der Waals surface area contributed by atoms with Crippen LogP contribution in [0.25, 0.3) is 0 Å². The van der Waals surface area contributed by atoms with Gasteiger partial charge in [-0.2, -0.15) is 0 Å². The minimum Gasteiger partial charge on any atom is -0.480 e. The zero-order valence-electron chi connectivity index (χ0n) is 10.8. The van der Waals surface area contributed by atoms with Crippen molar-refractivity contribution in [3.05, 3.63) is 0 Å². The van der Waals surface area contributed by atoms with Crippen molar-refractivity contribution < 1.29 is 19.5 Å². The minimum absolute atomic E-state index is 0.0735. The van der Waals surface area contributed by atoms with Gasteiger partial charge in [0.25, 0.3) is 0 Å². The number of amides is 2. The Morgan fingerprint density at radius 3 is 2.67 bits per heavy atom. The number of aliphatic carboxylic acids is 1. The van der Waals surface area contributed by atoms with Crippen LogP contribution in [0.1, 0.15) is 39.0 Å². The number of carbonyl (C=O) groups is 3. The largest absolute Gasteiger partial charge is 0.480 e. The topological polar surface area (TPSA) is 86.7 Å². The SMILES string of the molecule is CCCC[C@H](NC(=O)C1CCC(=O)N1C)C(=O)O.